The summed E-state index contributed by atoms with van der Waals surface area (Å²) in [5.41, 5.74) is 0.660. The van der Waals surface area contributed by atoms with E-state index >= 15 is 0 Å². The second kappa shape index (κ2) is 7.37. The molecule has 0 radical (unpaired) electrons. The maximum atomic E-state index is 11.1. The number of nitrogens with zero attached hydrogens (tertiary/aromatic N) is 2. The van der Waals surface area contributed by atoms with Crippen LogP contribution >= 0.6 is 23.2 Å². The van der Waals surface area contributed by atoms with Crippen molar-refractivity contribution < 1.29 is 9.90 Å². The summed E-state index contributed by atoms with van der Waals surface area (Å²) in [4.78, 5) is 11.1. The van der Waals surface area contributed by atoms with Crippen LogP contribution in [-0.4, -0.2) is 41.4 Å². The minimum atomic E-state index is 0.154. The van der Waals surface area contributed by atoms with Gasteiger partial charge in [0.05, 0.1) is 5.69 Å². The van der Waals surface area contributed by atoms with Crippen LogP contribution in [0.4, 0.5) is 5.69 Å². The van der Waals surface area contributed by atoms with Crippen molar-refractivity contribution in [1.82, 2.24) is 5.01 Å². The number of phenols is 1. The summed E-state index contributed by atoms with van der Waals surface area (Å²) < 4.78 is 0. The number of anilines is 1. The minimum Gasteiger partial charge on any atom is -0.508 e. The van der Waals surface area contributed by atoms with Gasteiger partial charge < -0.3 is 5.11 Å². The average molecular weight is 277 g/mol. The van der Waals surface area contributed by atoms with Crippen molar-refractivity contribution in [2.24, 2.45) is 0 Å². The molecule has 0 saturated heterocycles. The number of hydrogen-bond acceptors (Lipinski definition) is 3. The Morgan fingerprint density at radius 2 is 1.65 bits per heavy atom. The molecule has 4 nitrogen and oxygen atoms in total. The number of aromatic hydroxyl groups is 1. The Labute approximate surface area is 110 Å². The third-order valence-corrected chi connectivity index (χ3v) is 2.54. The number of carbonyl (C=O) groups excluding carboxylic acids is 1. The lowest BCUT2D eigenvalue weighted by molar-refractivity contribution is -0.110. The Morgan fingerprint density at radius 1 is 1.12 bits per heavy atom. The van der Waals surface area contributed by atoms with E-state index in [-0.39, 0.29) is 5.75 Å². The molecule has 0 bridgehead atoms. The molecule has 0 aromatic heterocycles. The summed E-state index contributed by atoms with van der Waals surface area (Å²) in [5.74, 6) is 0.958. The standard InChI is InChI=1S/C11H14Cl2N2O2/c12-5-7-14(8-6-13)15(9-16)10-1-3-11(17)4-2-10/h1-4,9,17H,5-8H2. The lowest BCUT2D eigenvalue weighted by Gasteiger charge is -2.30. The number of phenolic OH excluding ortho intramolecular Hbond substituents is 1. The number of rotatable bonds is 7. The molecule has 0 heterocycles. The number of alkyl halides is 2. The number of halogens is 2. The molecule has 1 amide bonds. The molecule has 0 unspecified atom stereocenters. The number of hydrazine groups is 1. The Morgan fingerprint density at radius 3 is 2.06 bits per heavy atom. The van der Waals surface area contributed by atoms with Gasteiger partial charge in [-0.1, -0.05) is 0 Å². The Kier molecular flexibility index (Phi) is 6.11. The molecule has 0 atom stereocenters. The molecule has 1 N–H and O–H groups in total. The minimum absolute atomic E-state index is 0.154. The zero-order valence-corrected chi connectivity index (χ0v) is 10.7. The topological polar surface area (TPSA) is 43.8 Å². The third kappa shape index (κ3) is 4.07. The van der Waals surface area contributed by atoms with Gasteiger partial charge in [-0.05, 0) is 24.3 Å². The van der Waals surface area contributed by atoms with Gasteiger partial charge in [0.25, 0.3) is 0 Å². The molecule has 0 fully saturated rings. The largest absolute Gasteiger partial charge is 0.508 e. The van der Waals surface area contributed by atoms with Crippen molar-refractivity contribution in [3.05, 3.63) is 24.3 Å². The van der Waals surface area contributed by atoms with Crippen molar-refractivity contribution in [3.63, 3.8) is 0 Å². The zero-order chi connectivity index (χ0) is 12.7. The Bertz CT molecular complexity index is 340. The van der Waals surface area contributed by atoms with Crippen LogP contribution in [0.1, 0.15) is 0 Å². The van der Waals surface area contributed by atoms with E-state index in [0.29, 0.717) is 36.9 Å². The molecule has 0 aliphatic carbocycles. The number of benzene rings is 1. The van der Waals surface area contributed by atoms with Gasteiger partial charge in [0.2, 0.25) is 6.41 Å². The predicted molar refractivity (Wildman–Crippen MR) is 69.7 cm³/mol. The van der Waals surface area contributed by atoms with E-state index in [1.165, 1.54) is 17.1 Å². The molecule has 1 aromatic rings. The number of amides is 1. The van der Waals surface area contributed by atoms with E-state index in [4.69, 9.17) is 23.2 Å². The molecule has 0 aliphatic rings. The quantitative estimate of drug-likeness (QED) is 0.471. The van der Waals surface area contributed by atoms with Crippen LogP contribution in [0.2, 0.25) is 0 Å². The Hall–Kier alpha value is -0.970. The average Bonchev–Trinajstić information content (AvgIpc) is 2.33. The van der Waals surface area contributed by atoms with Crippen LogP contribution < -0.4 is 5.01 Å². The molecule has 0 aliphatic heterocycles. The Balaban J connectivity index is 2.87. The zero-order valence-electron chi connectivity index (χ0n) is 9.22. The fourth-order valence-electron chi connectivity index (χ4n) is 1.42. The lowest BCUT2D eigenvalue weighted by Crippen LogP contribution is -2.44. The molecule has 17 heavy (non-hydrogen) atoms. The first-order valence-electron chi connectivity index (χ1n) is 5.13. The summed E-state index contributed by atoms with van der Waals surface area (Å²) in [6.07, 6.45) is 0.700. The van der Waals surface area contributed by atoms with Crippen LogP contribution in [0, 0.1) is 0 Å². The van der Waals surface area contributed by atoms with Gasteiger partial charge in [-0.25, -0.2) is 10.0 Å². The molecule has 94 valence electrons. The fraction of sp³-hybridized carbons (Fsp3) is 0.364. The van der Waals surface area contributed by atoms with E-state index in [1.807, 2.05) is 0 Å². The van der Waals surface area contributed by atoms with Crippen LogP contribution in [-0.2, 0) is 4.79 Å². The lowest BCUT2D eigenvalue weighted by atomic mass is 10.3. The molecule has 0 saturated carbocycles. The van der Waals surface area contributed by atoms with E-state index in [1.54, 1.807) is 17.1 Å². The van der Waals surface area contributed by atoms with Gasteiger partial charge in [0.1, 0.15) is 5.75 Å². The molecule has 6 heteroatoms. The maximum absolute atomic E-state index is 11.1. The molecular formula is C11H14Cl2N2O2. The van der Waals surface area contributed by atoms with E-state index in [9.17, 15) is 9.90 Å². The highest BCUT2D eigenvalue weighted by Gasteiger charge is 2.14. The van der Waals surface area contributed by atoms with Gasteiger partial charge in [-0.2, -0.15) is 0 Å². The molecular weight excluding hydrogens is 263 g/mol. The van der Waals surface area contributed by atoms with Crippen LogP contribution in [0.3, 0.4) is 0 Å². The second-order valence-corrected chi connectivity index (χ2v) is 4.05. The highest BCUT2D eigenvalue weighted by molar-refractivity contribution is 6.18. The fourth-order valence-corrected chi connectivity index (χ4v) is 1.81. The van der Waals surface area contributed by atoms with Crippen LogP contribution in [0.5, 0.6) is 5.75 Å². The summed E-state index contributed by atoms with van der Waals surface area (Å²) in [6.45, 7) is 1.04. The smallest absolute Gasteiger partial charge is 0.228 e. The van der Waals surface area contributed by atoms with Gasteiger partial charge in [-0.3, -0.25) is 4.79 Å². The SMILES string of the molecule is O=CN(c1ccc(O)cc1)N(CCCl)CCCl. The monoisotopic (exact) mass is 276 g/mol. The second-order valence-electron chi connectivity index (χ2n) is 3.30. The first-order valence-corrected chi connectivity index (χ1v) is 6.20. The molecule has 0 spiro atoms. The first-order chi connectivity index (χ1) is 8.22. The van der Waals surface area contributed by atoms with E-state index < -0.39 is 0 Å². The predicted octanol–water partition coefficient (Wildman–Crippen LogP) is 2.05. The number of carbonyl (C=O) groups is 1. The van der Waals surface area contributed by atoms with E-state index in [2.05, 4.69) is 0 Å². The molecule has 1 rings (SSSR count). The highest BCUT2D eigenvalue weighted by Crippen LogP contribution is 2.18. The van der Waals surface area contributed by atoms with Crippen molar-refractivity contribution in [3.8, 4) is 5.75 Å². The third-order valence-electron chi connectivity index (χ3n) is 2.20. The van der Waals surface area contributed by atoms with Crippen molar-refractivity contribution in [2.45, 2.75) is 0 Å². The first kappa shape index (κ1) is 14.1. The normalized spacial score (nSPS) is 10.5. The molecule has 1 aromatic carbocycles. The highest BCUT2D eigenvalue weighted by atomic mass is 35.5. The van der Waals surface area contributed by atoms with E-state index in [0.717, 1.165) is 0 Å². The summed E-state index contributed by atoms with van der Waals surface area (Å²) in [7, 11) is 0. The summed E-state index contributed by atoms with van der Waals surface area (Å²) in [5, 5.41) is 12.4. The van der Waals surface area contributed by atoms with Gasteiger partial charge in [0, 0.05) is 24.8 Å². The summed E-state index contributed by atoms with van der Waals surface area (Å²) >= 11 is 11.4. The van der Waals surface area contributed by atoms with Gasteiger partial charge >= 0.3 is 0 Å². The van der Waals surface area contributed by atoms with Crippen LogP contribution in [0.25, 0.3) is 0 Å². The van der Waals surface area contributed by atoms with Crippen LogP contribution in [0.15, 0.2) is 24.3 Å². The summed E-state index contributed by atoms with van der Waals surface area (Å²) in [6, 6.07) is 6.34. The van der Waals surface area contributed by atoms with Crippen molar-refractivity contribution >= 4 is 35.3 Å². The van der Waals surface area contributed by atoms with Crippen molar-refractivity contribution in [2.75, 3.05) is 29.9 Å². The van der Waals surface area contributed by atoms with Gasteiger partial charge in [0.15, 0.2) is 0 Å². The van der Waals surface area contributed by atoms with Gasteiger partial charge in [-0.15, -0.1) is 23.2 Å². The number of hydrogen-bond donors (Lipinski definition) is 1. The maximum Gasteiger partial charge on any atom is 0.228 e. The van der Waals surface area contributed by atoms with Crippen molar-refractivity contribution in [1.29, 1.82) is 0 Å².